The van der Waals surface area contributed by atoms with Gasteiger partial charge in [-0.2, -0.15) is 0 Å². The highest BCUT2D eigenvalue weighted by molar-refractivity contribution is 6.34. The van der Waals surface area contributed by atoms with Crippen molar-refractivity contribution in [3.8, 4) is 5.75 Å². The molecule has 0 saturated carbocycles. The second-order valence-corrected chi connectivity index (χ2v) is 7.72. The molecule has 5 heteroatoms. The van der Waals surface area contributed by atoms with E-state index in [9.17, 15) is 9.59 Å². The van der Waals surface area contributed by atoms with E-state index in [1.165, 1.54) is 0 Å². The smallest absolute Gasteiger partial charge is 0.189 e. The fourth-order valence-electron chi connectivity index (χ4n) is 3.32. The summed E-state index contributed by atoms with van der Waals surface area (Å²) in [5.74, 6) is 0.704. The first-order valence-electron chi connectivity index (χ1n) is 9.03. The SMILES string of the molecule is O=Cc1ccc(COc2ccc3c(c2)C/C(=C\c2cc(Cl)cc(Cl)c2)C3=O)cc1. The summed E-state index contributed by atoms with van der Waals surface area (Å²) in [4.78, 5) is 23.4. The molecular formula is C24H16Cl2O3. The molecule has 29 heavy (non-hydrogen) atoms. The van der Waals surface area contributed by atoms with Gasteiger partial charge < -0.3 is 4.74 Å². The third-order valence-electron chi connectivity index (χ3n) is 4.74. The molecule has 0 unspecified atom stereocenters. The van der Waals surface area contributed by atoms with Crippen molar-refractivity contribution in [3.63, 3.8) is 0 Å². The van der Waals surface area contributed by atoms with Crippen LogP contribution < -0.4 is 4.74 Å². The van der Waals surface area contributed by atoms with E-state index in [2.05, 4.69) is 0 Å². The van der Waals surface area contributed by atoms with Gasteiger partial charge in [-0.3, -0.25) is 9.59 Å². The number of carbonyl (C=O) groups excluding carboxylic acids is 2. The molecule has 0 aromatic heterocycles. The molecule has 1 aliphatic carbocycles. The van der Waals surface area contributed by atoms with E-state index in [0.29, 0.717) is 45.5 Å². The van der Waals surface area contributed by atoms with Crippen LogP contribution in [0.3, 0.4) is 0 Å². The normalized spacial score (nSPS) is 14.1. The first kappa shape index (κ1) is 19.4. The van der Waals surface area contributed by atoms with Crippen molar-refractivity contribution in [2.75, 3.05) is 0 Å². The van der Waals surface area contributed by atoms with Gasteiger partial charge in [0.25, 0.3) is 0 Å². The average molecular weight is 423 g/mol. The second kappa shape index (κ2) is 8.24. The fraction of sp³-hybridized carbons (Fsp3) is 0.0833. The lowest BCUT2D eigenvalue weighted by Gasteiger charge is -2.08. The van der Waals surface area contributed by atoms with Crippen molar-refractivity contribution in [2.45, 2.75) is 13.0 Å². The predicted octanol–water partition coefficient (Wildman–Crippen LogP) is 6.21. The third-order valence-corrected chi connectivity index (χ3v) is 5.18. The van der Waals surface area contributed by atoms with Gasteiger partial charge in [0.05, 0.1) is 0 Å². The molecule has 0 saturated heterocycles. The second-order valence-electron chi connectivity index (χ2n) is 6.85. The number of carbonyl (C=O) groups is 2. The van der Waals surface area contributed by atoms with Crippen molar-refractivity contribution < 1.29 is 14.3 Å². The number of Topliss-reactive ketones (excluding diaryl/α,β-unsaturated/α-hetero) is 1. The number of ketones is 1. The highest BCUT2D eigenvalue weighted by Gasteiger charge is 2.25. The Morgan fingerprint density at radius 3 is 2.31 bits per heavy atom. The van der Waals surface area contributed by atoms with Gasteiger partial charge in [-0.05, 0) is 59.2 Å². The monoisotopic (exact) mass is 422 g/mol. The fourth-order valence-corrected chi connectivity index (χ4v) is 3.86. The van der Waals surface area contributed by atoms with Crippen LogP contribution >= 0.6 is 23.2 Å². The Morgan fingerprint density at radius 2 is 1.62 bits per heavy atom. The van der Waals surface area contributed by atoms with E-state index in [1.807, 2.05) is 24.3 Å². The minimum atomic E-state index is 0.00657. The van der Waals surface area contributed by atoms with Crippen molar-refractivity contribution >= 4 is 41.3 Å². The highest BCUT2D eigenvalue weighted by atomic mass is 35.5. The molecule has 0 atom stereocenters. The quantitative estimate of drug-likeness (QED) is 0.362. The lowest BCUT2D eigenvalue weighted by atomic mass is 10.1. The molecule has 1 aliphatic rings. The van der Waals surface area contributed by atoms with E-state index in [4.69, 9.17) is 27.9 Å². The summed E-state index contributed by atoms with van der Waals surface area (Å²) >= 11 is 12.1. The first-order valence-corrected chi connectivity index (χ1v) is 9.78. The number of fused-ring (bicyclic) bond motifs is 1. The van der Waals surface area contributed by atoms with Crippen LogP contribution in [-0.2, 0) is 13.0 Å². The van der Waals surface area contributed by atoms with Gasteiger partial charge in [0.2, 0.25) is 0 Å². The molecule has 144 valence electrons. The molecule has 0 heterocycles. The topological polar surface area (TPSA) is 43.4 Å². The van der Waals surface area contributed by atoms with Crippen LogP contribution in [-0.4, -0.2) is 12.1 Å². The third kappa shape index (κ3) is 4.42. The summed E-state index contributed by atoms with van der Waals surface area (Å²) in [5.41, 5.74) is 4.71. The number of rotatable bonds is 5. The zero-order valence-electron chi connectivity index (χ0n) is 15.3. The Balaban J connectivity index is 1.50. The zero-order chi connectivity index (χ0) is 20.4. The maximum atomic E-state index is 12.7. The molecule has 3 nitrogen and oxygen atoms in total. The van der Waals surface area contributed by atoms with Gasteiger partial charge >= 0.3 is 0 Å². The summed E-state index contributed by atoms with van der Waals surface area (Å²) in [6.45, 7) is 0.385. The van der Waals surface area contributed by atoms with Crippen LogP contribution in [0.1, 0.15) is 37.4 Å². The summed E-state index contributed by atoms with van der Waals surface area (Å²) in [7, 11) is 0. The average Bonchev–Trinajstić information content (AvgIpc) is 3.01. The molecule has 3 aromatic rings. The lowest BCUT2D eigenvalue weighted by Crippen LogP contribution is -1.97. The van der Waals surface area contributed by atoms with E-state index in [0.717, 1.165) is 23.0 Å². The first-order chi connectivity index (χ1) is 14.0. The maximum absolute atomic E-state index is 12.7. The molecule has 0 aliphatic heterocycles. The van der Waals surface area contributed by atoms with E-state index in [-0.39, 0.29) is 5.78 Å². The van der Waals surface area contributed by atoms with Gasteiger partial charge in [0.15, 0.2) is 5.78 Å². The number of ether oxygens (including phenoxy) is 1. The van der Waals surface area contributed by atoms with Gasteiger partial charge in [0, 0.05) is 33.2 Å². The lowest BCUT2D eigenvalue weighted by molar-refractivity contribution is 0.104. The molecule has 0 N–H and O–H groups in total. The van der Waals surface area contributed by atoms with Gasteiger partial charge in [-0.15, -0.1) is 0 Å². The van der Waals surface area contributed by atoms with Gasteiger partial charge in [-0.1, -0.05) is 47.5 Å². The molecule has 0 radical (unpaired) electrons. The molecule has 4 rings (SSSR count). The Bertz CT molecular complexity index is 1110. The number of allylic oxidation sites excluding steroid dienone is 1. The van der Waals surface area contributed by atoms with Crippen molar-refractivity contribution in [1.29, 1.82) is 0 Å². The predicted molar refractivity (Wildman–Crippen MR) is 115 cm³/mol. The van der Waals surface area contributed by atoms with E-state index in [1.54, 1.807) is 42.5 Å². The number of hydrogen-bond donors (Lipinski definition) is 0. The van der Waals surface area contributed by atoms with Crippen LogP contribution in [0, 0.1) is 0 Å². The van der Waals surface area contributed by atoms with Crippen molar-refractivity contribution in [2.24, 2.45) is 0 Å². The highest BCUT2D eigenvalue weighted by Crippen LogP contribution is 2.32. The molecular weight excluding hydrogens is 407 g/mol. The summed E-state index contributed by atoms with van der Waals surface area (Å²) in [5, 5.41) is 1.06. The molecule has 0 fully saturated rings. The van der Waals surface area contributed by atoms with E-state index >= 15 is 0 Å². The Morgan fingerprint density at radius 1 is 0.897 bits per heavy atom. The van der Waals surface area contributed by atoms with Crippen LogP contribution in [0.15, 0.2) is 66.2 Å². The zero-order valence-corrected chi connectivity index (χ0v) is 16.8. The van der Waals surface area contributed by atoms with Crippen LogP contribution in [0.2, 0.25) is 10.0 Å². The molecule has 0 amide bonds. The maximum Gasteiger partial charge on any atom is 0.189 e. The number of halogens is 2. The van der Waals surface area contributed by atoms with Gasteiger partial charge in [-0.25, -0.2) is 0 Å². The number of hydrogen-bond acceptors (Lipinski definition) is 3. The molecule has 0 bridgehead atoms. The minimum absolute atomic E-state index is 0.00657. The summed E-state index contributed by atoms with van der Waals surface area (Å²) in [6.07, 6.45) is 3.17. The van der Waals surface area contributed by atoms with E-state index < -0.39 is 0 Å². The molecule has 3 aromatic carbocycles. The van der Waals surface area contributed by atoms with Crippen LogP contribution in [0.5, 0.6) is 5.75 Å². The Labute approximate surface area is 178 Å². The van der Waals surface area contributed by atoms with Crippen molar-refractivity contribution in [1.82, 2.24) is 0 Å². The van der Waals surface area contributed by atoms with Gasteiger partial charge in [0.1, 0.15) is 18.6 Å². The summed E-state index contributed by atoms with van der Waals surface area (Å²) < 4.78 is 5.86. The largest absolute Gasteiger partial charge is 0.489 e. The Kier molecular flexibility index (Phi) is 5.52. The standard InChI is InChI=1S/C24H16Cl2O3/c25-20-8-17(9-21(26)12-20)7-19-10-18-11-22(5-6-23(18)24(19)28)29-14-16-3-1-15(13-27)2-4-16/h1-9,11-13H,10,14H2/b19-7+. The number of aldehydes is 1. The van der Waals surface area contributed by atoms with Crippen LogP contribution in [0.4, 0.5) is 0 Å². The number of benzene rings is 3. The summed E-state index contributed by atoms with van der Waals surface area (Å²) in [6, 6.07) is 17.9. The Hall–Kier alpha value is -2.88. The minimum Gasteiger partial charge on any atom is -0.489 e. The molecule has 0 spiro atoms. The van der Waals surface area contributed by atoms with Crippen LogP contribution in [0.25, 0.3) is 6.08 Å². The van der Waals surface area contributed by atoms with Crippen molar-refractivity contribution in [3.05, 3.63) is 104 Å².